The van der Waals surface area contributed by atoms with E-state index in [4.69, 9.17) is 25.1 Å². The number of ether oxygens (including phenoxy) is 5. The topological polar surface area (TPSA) is 213 Å². The first kappa shape index (κ1) is 43.6. The van der Waals surface area contributed by atoms with Crippen LogP contribution in [0.15, 0.2) is 9.98 Å². The minimum absolute atomic E-state index is 0.346. The monoisotopic (exact) mass is 773 g/mol. The molecule has 19 heteroatoms. The van der Waals surface area contributed by atoms with E-state index in [9.17, 15) is 39.5 Å². The lowest BCUT2D eigenvalue weighted by atomic mass is 9.95. The number of aliphatic imine (C=N–C) groups is 2. The quantitative estimate of drug-likeness (QED) is 0.272. The highest BCUT2D eigenvalue weighted by Gasteiger charge is 2.52. The first-order valence-electron chi connectivity index (χ1n) is 17.3. The summed E-state index contributed by atoms with van der Waals surface area (Å²) in [4.78, 5) is 36.2. The van der Waals surface area contributed by atoms with Gasteiger partial charge < -0.3 is 49.2 Å². The number of amides is 2. The van der Waals surface area contributed by atoms with Gasteiger partial charge in [0.25, 0.3) is 0 Å². The molecule has 0 aromatic carbocycles. The van der Waals surface area contributed by atoms with Gasteiger partial charge in [-0.3, -0.25) is 24.2 Å². The Bertz CT molecular complexity index is 1240. The molecule has 2 saturated heterocycles. The average Bonchev–Trinajstić information content (AvgIpc) is 3.65. The fourth-order valence-corrected chi connectivity index (χ4v) is 7.78. The van der Waals surface area contributed by atoms with Gasteiger partial charge in [0, 0.05) is 20.2 Å². The molecule has 4 aliphatic rings. The Kier molecular flexibility index (Phi) is 16.2. The van der Waals surface area contributed by atoms with Crippen LogP contribution in [0, 0.1) is 0 Å². The summed E-state index contributed by atoms with van der Waals surface area (Å²) in [5.41, 5.74) is -2.32. The number of alkyl halides is 1. The molecule has 0 saturated carbocycles. The third-order valence-corrected chi connectivity index (χ3v) is 10.1. The molecule has 2 amide bonds. The van der Waals surface area contributed by atoms with Gasteiger partial charge in [0.15, 0.2) is 10.3 Å². The smallest absolute Gasteiger partial charge is 0.416 e. The van der Waals surface area contributed by atoms with Crippen molar-refractivity contribution in [2.24, 2.45) is 9.98 Å². The number of amidine groups is 2. The van der Waals surface area contributed by atoms with Crippen LogP contribution in [0.5, 0.6) is 0 Å². The molecule has 4 heterocycles. The van der Waals surface area contributed by atoms with Crippen molar-refractivity contribution in [1.29, 1.82) is 0 Å². The number of hydrogen-bond donors (Lipinski definition) is 5. The predicted octanol–water partition coefficient (Wildman–Crippen LogP) is 2.32. The molecule has 2 fully saturated rings. The third-order valence-electron chi connectivity index (χ3n) is 7.81. The Morgan fingerprint density at radius 2 is 1.18 bits per heavy atom. The summed E-state index contributed by atoms with van der Waals surface area (Å²) >= 11 is 2.42. The van der Waals surface area contributed by atoms with Crippen LogP contribution in [-0.4, -0.2) is 168 Å². The molecule has 0 bridgehead atoms. The second kappa shape index (κ2) is 19.0. The number of fused-ring (bicyclic) bond motifs is 2. The summed E-state index contributed by atoms with van der Waals surface area (Å²) in [7, 11) is 0.518. The van der Waals surface area contributed by atoms with Gasteiger partial charge in [0.05, 0.1) is 20.7 Å². The largest absolute Gasteiger partial charge is 0.443 e. The molecule has 51 heavy (non-hydrogen) atoms. The van der Waals surface area contributed by atoms with Gasteiger partial charge in [-0.05, 0) is 69.2 Å². The summed E-state index contributed by atoms with van der Waals surface area (Å²) in [6.07, 6.45) is -8.55. The van der Waals surface area contributed by atoms with E-state index in [0.29, 0.717) is 23.4 Å². The van der Waals surface area contributed by atoms with Crippen LogP contribution in [0.2, 0.25) is 0 Å². The summed E-state index contributed by atoms with van der Waals surface area (Å²) in [5.74, 6) is 0. The van der Waals surface area contributed by atoms with E-state index >= 15 is 0 Å². The summed E-state index contributed by atoms with van der Waals surface area (Å²) < 4.78 is 43.0. The zero-order valence-corrected chi connectivity index (χ0v) is 32.8. The SMILES string of the molecule is CCN(C(=O)OC(C)(C)C)C1=N[C@@H]2[C@@H](O)[C@H](O)[C@@H]([C@H](C)O)O[C@@H]2S1.CCN(C(=O)OC(C)(C)C)C1=N[C@@H]2[C@@H](O)[C@H](O)[C@@H]([C@H](C)OC)O[C@@H]2S1.[2H]CF. The number of aliphatic hydroxyl groups excluding tert-OH is 5. The molecular formula is C32H57FN4O12S2. The van der Waals surface area contributed by atoms with Gasteiger partial charge in [-0.1, -0.05) is 23.5 Å². The van der Waals surface area contributed by atoms with Crippen molar-refractivity contribution in [2.45, 2.75) is 152 Å². The van der Waals surface area contributed by atoms with Crippen molar-refractivity contribution >= 4 is 46.0 Å². The summed E-state index contributed by atoms with van der Waals surface area (Å²) in [6, 6.07) is -1.35. The van der Waals surface area contributed by atoms with E-state index in [1.54, 1.807) is 55.4 Å². The predicted molar refractivity (Wildman–Crippen MR) is 191 cm³/mol. The van der Waals surface area contributed by atoms with Gasteiger partial charge in [0.2, 0.25) is 0 Å². The second-order valence-electron chi connectivity index (χ2n) is 14.1. The van der Waals surface area contributed by atoms with Crippen LogP contribution in [0.25, 0.3) is 0 Å². The minimum atomic E-state index is -1.24. The van der Waals surface area contributed by atoms with Crippen molar-refractivity contribution in [3.05, 3.63) is 0 Å². The lowest BCUT2D eigenvalue weighted by Gasteiger charge is -2.40. The van der Waals surface area contributed by atoms with Crippen LogP contribution >= 0.6 is 23.5 Å². The second-order valence-corrected chi connectivity index (χ2v) is 16.2. The highest BCUT2D eigenvalue weighted by atomic mass is 32.2. The first-order valence-corrected chi connectivity index (χ1v) is 18.4. The number of hydrogen-bond acceptors (Lipinski definition) is 16. The van der Waals surface area contributed by atoms with Crippen LogP contribution < -0.4 is 0 Å². The Labute approximate surface area is 309 Å². The first-order chi connectivity index (χ1) is 24.0. The van der Waals surface area contributed by atoms with Gasteiger partial charge >= 0.3 is 12.2 Å². The molecule has 0 aliphatic carbocycles. The third kappa shape index (κ3) is 11.6. The molecule has 296 valence electrons. The van der Waals surface area contributed by atoms with E-state index in [0.717, 1.165) is 0 Å². The highest BCUT2D eigenvalue weighted by molar-refractivity contribution is 8.14. The molecule has 16 nitrogen and oxygen atoms in total. The average molecular weight is 774 g/mol. The zero-order chi connectivity index (χ0) is 39.9. The van der Waals surface area contributed by atoms with Gasteiger partial charge in [-0.25, -0.2) is 9.59 Å². The fourth-order valence-electron chi connectivity index (χ4n) is 5.25. The molecule has 4 rings (SSSR count). The Balaban J connectivity index is 0.000000335. The number of halogens is 1. The molecule has 5 N–H and O–H groups in total. The van der Waals surface area contributed by atoms with Crippen molar-refractivity contribution in [3.8, 4) is 0 Å². The molecule has 0 spiro atoms. The zero-order valence-electron chi connectivity index (χ0n) is 32.1. The van der Waals surface area contributed by atoms with E-state index in [2.05, 4.69) is 9.98 Å². The summed E-state index contributed by atoms with van der Waals surface area (Å²) in [6.45, 7) is 18.3. The number of aliphatic hydroxyl groups is 5. The van der Waals surface area contributed by atoms with Crippen molar-refractivity contribution in [1.82, 2.24) is 9.80 Å². The van der Waals surface area contributed by atoms with E-state index in [1.165, 1.54) is 47.4 Å². The maximum atomic E-state index is 12.4. The number of nitrogens with zero attached hydrogens (tertiary/aromatic N) is 4. The van der Waals surface area contributed by atoms with Crippen LogP contribution in [-0.2, 0) is 23.7 Å². The van der Waals surface area contributed by atoms with Crippen LogP contribution in [0.4, 0.5) is 14.0 Å². The molecule has 0 radical (unpaired) electrons. The molecule has 0 aromatic rings. The highest BCUT2D eigenvalue weighted by Crippen LogP contribution is 2.40. The Hall–Kier alpha value is -1.81. The van der Waals surface area contributed by atoms with Crippen molar-refractivity contribution in [2.75, 3.05) is 27.4 Å². The van der Waals surface area contributed by atoms with Crippen LogP contribution in [0.1, 0.15) is 70.6 Å². The normalized spacial score (nSPS) is 32.9. The molecule has 0 aromatic heterocycles. The van der Waals surface area contributed by atoms with Gasteiger partial charge in [-0.15, -0.1) is 0 Å². The van der Waals surface area contributed by atoms with Gasteiger partial charge in [0.1, 0.15) is 70.8 Å². The Morgan fingerprint density at radius 1 is 0.824 bits per heavy atom. The van der Waals surface area contributed by atoms with Crippen LogP contribution in [0.3, 0.4) is 0 Å². The summed E-state index contributed by atoms with van der Waals surface area (Å²) in [5, 5.41) is 51.5. The maximum Gasteiger partial charge on any atom is 0.416 e. The lowest BCUT2D eigenvalue weighted by molar-refractivity contribution is -0.186. The fraction of sp³-hybridized carbons (Fsp3) is 0.875. The Morgan fingerprint density at radius 3 is 1.49 bits per heavy atom. The minimum Gasteiger partial charge on any atom is -0.443 e. The molecule has 4 aliphatic heterocycles. The number of carbonyl (C=O) groups is 2. The van der Waals surface area contributed by atoms with E-state index in [-0.39, 0.29) is 6.10 Å². The number of thioether (sulfide) groups is 2. The van der Waals surface area contributed by atoms with Crippen molar-refractivity contribution < 1.29 is 64.6 Å². The van der Waals surface area contributed by atoms with Crippen molar-refractivity contribution in [3.63, 3.8) is 0 Å². The number of rotatable bonds is 5. The maximum absolute atomic E-state index is 12.4. The number of carbonyl (C=O) groups excluding carboxylic acids is 2. The van der Waals surface area contributed by atoms with Gasteiger partial charge in [-0.2, -0.15) is 0 Å². The van der Waals surface area contributed by atoms with E-state index in [1.807, 2.05) is 6.92 Å². The molecule has 0 unspecified atom stereocenters. The standard InChI is InChI=1S/C16H28N2O6S.C15H26N2O6S.CH3F/c1-7-18(15(21)24-16(3,4)5)14-17-9-10(19)11(20)12(8(2)22-6)23-13(9)25-14;1-6-17(14(21)23-15(3,4)5)13-16-8-9(19)10(20)11(7(2)18)22-12(8)24-13;1-2/h8-13,19-20H,7H2,1-6H3;7-12,18-20H,6H2,1-5H3;1H3/t8-,9+,10+,11-,12+,13+;7-,8+,9+,10-,11+,12+;/m00./s1/i;;1D. The number of methoxy groups -OCH3 is 1. The van der Waals surface area contributed by atoms with E-state index < -0.39 is 96.2 Å². The molecule has 12 atom stereocenters. The lowest BCUT2D eigenvalue weighted by Crippen LogP contribution is -2.58. The molecular weight excluding hydrogens is 716 g/mol.